The standard InChI is InChI=1S/C18H19ClN2O3/c1-4-24-16-10-13(9-15(19)17(16)23-3)11-20-21-18(22)14-8-6-5-7-12(14)2/h5-11H,4H2,1-3H3,(H,21,22)/b20-11-. The molecule has 0 saturated heterocycles. The molecule has 1 N–H and O–H groups in total. The number of ether oxygens (including phenoxy) is 2. The number of nitrogens with zero attached hydrogens (tertiary/aromatic N) is 1. The molecule has 5 nitrogen and oxygen atoms in total. The third-order valence-electron chi connectivity index (χ3n) is 3.31. The molecule has 0 aliphatic rings. The number of hydrogen-bond acceptors (Lipinski definition) is 4. The van der Waals surface area contributed by atoms with Crippen LogP contribution in [0, 0.1) is 6.92 Å². The Morgan fingerprint density at radius 1 is 1.33 bits per heavy atom. The van der Waals surface area contributed by atoms with Crippen LogP contribution in [0.5, 0.6) is 11.5 Å². The molecular weight excluding hydrogens is 328 g/mol. The number of halogens is 1. The molecule has 0 heterocycles. The van der Waals surface area contributed by atoms with E-state index in [1.54, 1.807) is 18.2 Å². The second kappa shape index (κ2) is 8.36. The van der Waals surface area contributed by atoms with Gasteiger partial charge in [0.15, 0.2) is 11.5 Å². The number of carbonyl (C=O) groups is 1. The van der Waals surface area contributed by atoms with Crippen molar-refractivity contribution >= 4 is 23.7 Å². The van der Waals surface area contributed by atoms with Gasteiger partial charge in [-0.2, -0.15) is 5.10 Å². The summed E-state index contributed by atoms with van der Waals surface area (Å²) in [5.41, 5.74) is 4.66. The van der Waals surface area contributed by atoms with Gasteiger partial charge in [0.05, 0.1) is 25.0 Å². The van der Waals surface area contributed by atoms with Crippen molar-refractivity contribution in [3.8, 4) is 11.5 Å². The molecule has 0 unspecified atom stereocenters. The molecule has 0 aliphatic carbocycles. The van der Waals surface area contributed by atoms with E-state index < -0.39 is 0 Å². The number of amides is 1. The van der Waals surface area contributed by atoms with Gasteiger partial charge in [-0.1, -0.05) is 29.8 Å². The van der Waals surface area contributed by atoms with Crippen LogP contribution in [0.15, 0.2) is 41.5 Å². The minimum absolute atomic E-state index is 0.269. The minimum atomic E-state index is -0.269. The van der Waals surface area contributed by atoms with E-state index in [9.17, 15) is 4.79 Å². The molecule has 2 aromatic carbocycles. The summed E-state index contributed by atoms with van der Waals surface area (Å²) in [7, 11) is 1.53. The van der Waals surface area contributed by atoms with Gasteiger partial charge in [-0.05, 0) is 43.2 Å². The van der Waals surface area contributed by atoms with E-state index in [-0.39, 0.29) is 5.91 Å². The van der Waals surface area contributed by atoms with Gasteiger partial charge in [0.25, 0.3) is 5.91 Å². The summed E-state index contributed by atoms with van der Waals surface area (Å²) < 4.78 is 10.7. The van der Waals surface area contributed by atoms with Gasteiger partial charge in [0, 0.05) is 5.56 Å². The molecule has 0 saturated carbocycles. The lowest BCUT2D eigenvalue weighted by Crippen LogP contribution is -2.18. The highest BCUT2D eigenvalue weighted by Crippen LogP contribution is 2.35. The Morgan fingerprint density at radius 3 is 2.75 bits per heavy atom. The molecule has 126 valence electrons. The molecule has 0 bridgehead atoms. The number of nitrogens with one attached hydrogen (secondary N) is 1. The normalized spacial score (nSPS) is 10.7. The summed E-state index contributed by atoms with van der Waals surface area (Å²) in [6, 6.07) is 10.7. The Labute approximate surface area is 146 Å². The quantitative estimate of drug-likeness (QED) is 0.639. The number of benzene rings is 2. The Bertz CT molecular complexity index is 760. The van der Waals surface area contributed by atoms with Crippen molar-refractivity contribution in [3.05, 3.63) is 58.1 Å². The second-order valence-corrected chi connectivity index (χ2v) is 5.39. The SMILES string of the molecule is CCOc1cc(/C=N\NC(=O)c2ccccc2C)cc(Cl)c1OC. The van der Waals surface area contributed by atoms with Gasteiger partial charge in [-0.3, -0.25) is 4.79 Å². The predicted octanol–water partition coefficient (Wildman–Crippen LogP) is 3.82. The number of rotatable bonds is 6. The Balaban J connectivity index is 2.14. The molecule has 0 radical (unpaired) electrons. The van der Waals surface area contributed by atoms with Gasteiger partial charge < -0.3 is 9.47 Å². The van der Waals surface area contributed by atoms with E-state index >= 15 is 0 Å². The Hall–Kier alpha value is -2.53. The molecule has 0 aromatic heterocycles. The lowest BCUT2D eigenvalue weighted by atomic mass is 10.1. The third-order valence-corrected chi connectivity index (χ3v) is 3.59. The van der Waals surface area contributed by atoms with Crippen LogP contribution in [0.2, 0.25) is 5.02 Å². The highest BCUT2D eigenvalue weighted by atomic mass is 35.5. The Morgan fingerprint density at radius 2 is 2.08 bits per heavy atom. The van der Waals surface area contributed by atoms with Gasteiger partial charge in [-0.25, -0.2) is 5.43 Å². The van der Waals surface area contributed by atoms with Crippen LogP contribution >= 0.6 is 11.6 Å². The highest BCUT2D eigenvalue weighted by Gasteiger charge is 2.11. The first-order valence-electron chi connectivity index (χ1n) is 7.46. The van der Waals surface area contributed by atoms with Gasteiger partial charge in [0.1, 0.15) is 0 Å². The smallest absolute Gasteiger partial charge is 0.271 e. The average Bonchev–Trinajstić information content (AvgIpc) is 2.55. The molecule has 6 heteroatoms. The minimum Gasteiger partial charge on any atom is -0.491 e. The highest BCUT2D eigenvalue weighted by molar-refractivity contribution is 6.32. The predicted molar refractivity (Wildman–Crippen MR) is 95.4 cm³/mol. The third kappa shape index (κ3) is 4.26. The van der Waals surface area contributed by atoms with Crippen LogP contribution in [-0.4, -0.2) is 25.8 Å². The fraction of sp³-hybridized carbons (Fsp3) is 0.222. The lowest BCUT2D eigenvalue weighted by molar-refractivity contribution is 0.0954. The second-order valence-electron chi connectivity index (χ2n) is 4.98. The van der Waals surface area contributed by atoms with E-state index in [2.05, 4.69) is 10.5 Å². The zero-order chi connectivity index (χ0) is 17.5. The fourth-order valence-corrected chi connectivity index (χ4v) is 2.47. The maximum absolute atomic E-state index is 12.1. The molecule has 2 aromatic rings. The summed E-state index contributed by atoms with van der Waals surface area (Å²) in [4.78, 5) is 12.1. The summed E-state index contributed by atoms with van der Waals surface area (Å²) in [5.74, 6) is 0.729. The molecule has 1 amide bonds. The van der Waals surface area contributed by atoms with Crippen molar-refractivity contribution in [1.29, 1.82) is 0 Å². The topological polar surface area (TPSA) is 59.9 Å². The van der Waals surface area contributed by atoms with Crippen molar-refractivity contribution in [1.82, 2.24) is 5.43 Å². The van der Waals surface area contributed by atoms with Crippen LogP contribution in [0.4, 0.5) is 0 Å². The van der Waals surface area contributed by atoms with E-state index in [4.69, 9.17) is 21.1 Å². The van der Waals surface area contributed by atoms with Crippen molar-refractivity contribution < 1.29 is 14.3 Å². The van der Waals surface area contributed by atoms with E-state index in [0.717, 1.165) is 5.56 Å². The van der Waals surface area contributed by atoms with Gasteiger partial charge >= 0.3 is 0 Å². The van der Waals surface area contributed by atoms with Crippen molar-refractivity contribution in [2.75, 3.05) is 13.7 Å². The molecule has 0 aliphatic heterocycles. The van der Waals surface area contributed by atoms with Crippen LogP contribution in [0.25, 0.3) is 0 Å². The Kier molecular flexibility index (Phi) is 6.21. The number of hydrazone groups is 1. The first-order chi connectivity index (χ1) is 11.6. The molecular formula is C18H19ClN2O3. The van der Waals surface area contributed by atoms with Gasteiger partial charge in [-0.15, -0.1) is 0 Å². The van der Waals surface area contributed by atoms with Crippen LogP contribution in [0.3, 0.4) is 0 Å². The van der Waals surface area contributed by atoms with Crippen molar-refractivity contribution in [2.45, 2.75) is 13.8 Å². The molecule has 24 heavy (non-hydrogen) atoms. The van der Waals surface area contributed by atoms with Gasteiger partial charge in [0.2, 0.25) is 0 Å². The molecule has 0 spiro atoms. The van der Waals surface area contributed by atoms with Crippen molar-refractivity contribution in [2.24, 2.45) is 5.10 Å². The largest absolute Gasteiger partial charge is 0.491 e. The number of carbonyl (C=O) groups excluding carboxylic acids is 1. The van der Waals surface area contributed by atoms with Crippen LogP contribution in [0.1, 0.15) is 28.4 Å². The van der Waals surface area contributed by atoms with Crippen LogP contribution in [-0.2, 0) is 0 Å². The summed E-state index contributed by atoms with van der Waals surface area (Å²) in [6.45, 7) is 4.23. The zero-order valence-electron chi connectivity index (χ0n) is 13.8. The van der Waals surface area contributed by atoms with E-state index in [1.165, 1.54) is 13.3 Å². The molecule has 0 atom stereocenters. The van der Waals surface area contributed by atoms with E-state index in [0.29, 0.717) is 34.3 Å². The molecule has 2 rings (SSSR count). The number of aryl methyl sites for hydroxylation is 1. The summed E-state index contributed by atoms with van der Waals surface area (Å²) in [6.07, 6.45) is 1.50. The summed E-state index contributed by atoms with van der Waals surface area (Å²) >= 11 is 6.17. The number of methoxy groups -OCH3 is 1. The van der Waals surface area contributed by atoms with Crippen molar-refractivity contribution in [3.63, 3.8) is 0 Å². The maximum Gasteiger partial charge on any atom is 0.271 e. The zero-order valence-corrected chi connectivity index (χ0v) is 14.6. The van der Waals surface area contributed by atoms with E-state index in [1.807, 2.05) is 32.0 Å². The lowest BCUT2D eigenvalue weighted by Gasteiger charge is -2.11. The monoisotopic (exact) mass is 346 g/mol. The first-order valence-corrected chi connectivity index (χ1v) is 7.84. The molecule has 0 fully saturated rings. The average molecular weight is 347 g/mol. The number of hydrogen-bond donors (Lipinski definition) is 1. The summed E-state index contributed by atoms with van der Waals surface area (Å²) in [5, 5.41) is 4.39. The maximum atomic E-state index is 12.1. The fourth-order valence-electron chi connectivity index (χ4n) is 2.18. The first kappa shape index (κ1) is 17.8. The van der Waals surface area contributed by atoms with Crippen LogP contribution < -0.4 is 14.9 Å².